The molecule has 4 aliphatic heterocycles. The van der Waals surface area contributed by atoms with Crippen molar-refractivity contribution < 1.29 is 33.9 Å². The summed E-state index contributed by atoms with van der Waals surface area (Å²) in [6.07, 6.45) is 10.7. The summed E-state index contributed by atoms with van der Waals surface area (Å²) in [5.41, 5.74) is 5.47. The van der Waals surface area contributed by atoms with Crippen molar-refractivity contribution in [2.45, 2.75) is 148 Å². The first kappa shape index (κ1) is 33.4. The lowest BCUT2D eigenvalue weighted by atomic mass is 9.67. The standard InChI is InChI=1S/C35H57N3O6/c1-7-22(4)33(41)44-34(5,6)35(19-25-14-23-9-11-32(40)42-28(23)17-29(25)43-35)18-24-15-30(36)37-20-26(24)16-31(39)38-13-12-27(38)10-8-21(2)3/h7,21,23-30,37H,8-20,36H2,1-6H3/p+1/t23?,24?,25?,26?,27-,28?,29?,30?,35+/m0/s1. The molecule has 0 aromatic heterocycles. The average molecular weight is 617 g/mol. The molecule has 7 unspecified atom stereocenters. The molecule has 9 nitrogen and oxygen atoms in total. The molecule has 5 fully saturated rings. The summed E-state index contributed by atoms with van der Waals surface area (Å²) in [6, 6.07) is 0.372. The maximum Gasteiger partial charge on any atom is 0.334 e. The summed E-state index contributed by atoms with van der Waals surface area (Å²) in [5, 5.41) is 2.18. The quantitative estimate of drug-likeness (QED) is 0.282. The van der Waals surface area contributed by atoms with Crippen molar-refractivity contribution in [3.8, 4) is 0 Å². The van der Waals surface area contributed by atoms with Crippen LogP contribution in [-0.2, 0) is 28.6 Å². The summed E-state index contributed by atoms with van der Waals surface area (Å²) in [7, 11) is 0. The molecule has 1 aliphatic carbocycles. The number of piperidine rings is 1. The maximum absolute atomic E-state index is 13.7. The third-order valence-electron chi connectivity index (χ3n) is 11.8. The zero-order valence-corrected chi connectivity index (χ0v) is 28.0. The van der Waals surface area contributed by atoms with E-state index in [2.05, 4.69) is 24.1 Å². The number of esters is 2. The Kier molecular flexibility index (Phi) is 10.2. The van der Waals surface area contributed by atoms with Gasteiger partial charge >= 0.3 is 11.9 Å². The second kappa shape index (κ2) is 13.4. The zero-order chi connectivity index (χ0) is 31.8. The Bertz CT molecular complexity index is 1110. The van der Waals surface area contributed by atoms with Gasteiger partial charge in [0.05, 0.1) is 12.6 Å². The molecule has 4 N–H and O–H groups in total. The topological polar surface area (TPSA) is 125 Å². The number of nitrogens with zero attached hydrogens (tertiary/aromatic N) is 1. The van der Waals surface area contributed by atoms with E-state index in [9.17, 15) is 14.4 Å². The second-order valence-corrected chi connectivity index (χ2v) is 15.6. The van der Waals surface area contributed by atoms with E-state index >= 15 is 0 Å². The molecule has 0 aromatic rings. The summed E-state index contributed by atoms with van der Waals surface area (Å²) in [4.78, 5) is 41.0. The lowest BCUT2D eigenvalue weighted by Gasteiger charge is -2.47. The highest BCUT2D eigenvalue weighted by atomic mass is 16.6. The fraction of sp³-hybridized carbons (Fsp3) is 0.857. The van der Waals surface area contributed by atoms with Gasteiger partial charge in [0.15, 0.2) is 0 Å². The van der Waals surface area contributed by atoms with E-state index in [4.69, 9.17) is 19.9 Å². The van der Waals surface area contributed by atoms with Crippen LogP contribution in [0.15, 0.2) is 11.6 Å². The Morgan fingerprint density at radius 3 is 2.61 bits per heavy atom. The van der Waals surface area contributed by atoms with Crippen molar-refractivity contribution in [1.29, 1.82) is 0 Å². The molecular formula is C35H58N3O6+. The summed E-state index contributed by atoms with van der Waals surface area (Å²) in [5.74, 6) is 1.46. The van der Waals surface area contributed by atoms with Crippen LogP contribution in [0.5, 0.6) is 0 Å². The average Bonchev–Trinajstić information content (AvgIpc) is 3.30. The molecular weight excluding hydrogens is 558 g/mol. The van der Waals surface area contributed by atoms with Crippen LogP contribution in [0.3, 0.4) is 0 Å². The Morgan fingerprint density at radius 2 is 1.93 bits per heavy atom. The van der Waals surface area contributed by atoms with E-state index in [1.54, 1.807) is 13.0 Å². The molecule has 0 bridgehead atoms. The molecule has 0 radical (unpaired) electrons. The number of hydrogen-bond acceptors (Lipinski definition) is 7. The number of carbonyl (C=O) groups excluding carboxylic acids is 3. The van der Waals surface area contributed by atoms with Crippen LogP contribution in [0.2, 0.25) is 0 Å². The van der Waals surface area contributed by atoms with Gasteiger partial charge in [-0.2, -0.15) is 0 Å². The molecule has 44 heavy (non-hydrogen) atoms. The molecule has 9 heteroatoms. The number of likely N-dealkylation sites (tertiary alicyclic amines) is 1. The number of hydrogen-bond donors (Lipinski definition) is 2. The number of carbonyl (C=O) groups is 3. The highest BCUT2D eigenvalue weighted by Gasteiger charge is 2.61. The monoisotopic (exact) mass is 616 g/mol. The number of amides is 1. The van der Waals surface area contributed by atoms with Gasteiger partial charge in [-0.15, -0.1) is 0 Å². The van der Waals surface area contributed by atoms with Gasteiger partial charge in [0.25, 0.3) is 0 Å². The molecule has 4 saturated heterocycles. The fourth-order valence-corrected chi connectivity index (χ4v) is 8.73. The molecule has 0 aromatic carbocycles. The van der Waals surface area contributed by atoms with Gasteiger partial charge in [-0.05, 0) is 96.3 Å². The predicted octanol–water partition coefficient (Wildman–Crippen LogP) is 3.84. The minimum Gasteiger partial charge on any atom is -0.462 e. The molecule has 5 rings (SSSR count). The number of fused-ring (bicyclic) bond motifs is 2. The first-order chi connectivity index (χ1) is 20.8. The third kappa shape index (κ3) is 7.05. The van der Waals surface area contributed by atoms with Crippen LogP contribution in [0.4, 0.5) is 0 Å². The highest BCUT2D eigenvalue weighted by molar-refractivity contribution is 5.88. The maximum atomic E-state index is 13.7. The van der Waals surface area contributed by atoms with Crippen LogP contribution < -0.4 is 11.1 Å². The third-order valence-corrected chi connectivity index (χ3v) is 11.8. The molecule has 4 heterocycles. The largest absolute Gasteiger partial charge is 0.462 e. The molecule has 1 amide bonds. The van der Waals surface area contributed by atoms with E-state index in [1.807, 2.05) is 20.8 Å². The van der Waals surface area contributed by atoms with Gasteiger partial charge in [-0.25, -0.2) is 4.79 Å². The van der Waals surface area contributed by atoms with Crippen LogP contribution >= 0.6 is 0 Å². The summed E-state index contributed by atoms with van der Waals surface area (Å²) in [6.45, 7) is 13.8. The van der Waals surface area contributed by atoms with Gasteiger partial charge < -0.3 is 24.4 Å². The van der Waals surface area contributed by atoms with Gasteiger partial charge in [0.1, 0.15) is 23.5 Å². The Morgan fingerprint density at radius 1 is 1.16 bits per heavy atom. The van der Waals surface area contributed by atoms with Crippen molar-refractivity contribution in [2.24, 2.45) is 35.3 Å². The first-order valence-corrected chi connectivity index (χ1v) is 17.4. The SMILES string of the molecule is CC=C(C)C(=O)OC(C)(C)[C@@]1(CC2CC(N)[NH2+]CC2CC(=O)N2CC[C@@H]2CCC(C)C)CC2CC3CCC(=O)OC3CC2O1. The van der Waals surface area contributed by atoms with Gasteiger partial charge in [-0.1, -0.05) is 19.9 Å². The van der Waals surface area contributed by atoms with Crippen LogP contribution in [0.1, 0.15) is 112 Å². The Balaban J connectivity index is 1.37. The van der Waals surface area contributed by atoms with Gasteiger partial charge in [0.2, 0.25) is 5.91 Å². The Labute approximate surface area is 264 Å². The highest BCUT2D eigenvalue weighted by Crippen LogP contribution is 2.55. The first-order valence-electron chi connectivity index (χ1n) is 17.4. The molecule has 0 spiro atoms. The smallest absolute Gasteiger partial charge is 0.334 e. The number of allylic oxidation sites excluding steroid dienone is 1. The summed E-state index contributed by atoms with van der Waals surface area (Å²) < 4.78 is 19.2. The number of ether oxygens (including phenoxy) is 3. The molecule has 5 aliphatic rings. The molecule has 248 valence electrons. The fourth-order valence-electron chi connectivity index (χ4n) is 8.73. The van der Waals surface area contributed by atoms with E-state index in [0.29, 0.717) is 55.1 Å². The normalized spacial score (nSPS) is 37.6. The van der Waals surface area contributed by atoms with Crippen LogP contribution in [-0.4, -0.2) is 71.5 Å². The zero-order valence-electron chi connectivity index (χ0n) is 28.0. The van der Waals surface area contributed by atoms with Crippen LogP contribution in [0.25, 0.3) is 0 Å². The van der Waals surface area contributed by atoms with Crippen molar-refractivity contribution in [3.63, 3.8) is 0 Å². The lowest BCUT2D eigenvalue weighted by Crippen LogP contribution is -2.96. The molecule has 1 saturated carbocycles. The van der Waals surface area contributed by atoms with Crippen LogP contribution in [0, 0.1) is 29.6 Å². The number of nitrogens with two attached hydrogens (primary N) is 2. The number of quaternary nitrogens is 1. The second-order valence-electron chi connectivity index (χ2n) is 15.6. The van der Waals surface area contributed by atoms with Crippen molar-refractivity contribution in [3.05, 3.63) is 11.6 Å². The van der Waals surface area contributed by atoms with E-state index in [1.165, 1.54) is 0 Å². The minimum absolute atomic E-state index is 0.0342. The summed E-state index contributed by atoms with van der Waals surface area (Å²) >= 11 is 0. The minimum atomic E-state index is -0.910. The van der Waals surface area contributed by atoms with E-state index in [0.717, 1.165) is 58.0 Å². The van der Waals surface area contributed by atoms with Gasteiger partial charge in [-0.3, -0.25) is 15.3 Å². The predicted molar refractivity (Wildman–Crippen MR) is 167 cm³/mol. The molecule has 9 atom stereocenters. The Hall–Kier alpha value is -1.97. The lowest BCUT2D eigenvalue weighted by molar-refractivity contribution is -0.706. The van der Waals surface area contributed by atoms with E-state index < -0.39 is 11.2 Å². The van der Waals surface area contributed by atoms with Crippen molar-refractivity contribution >= 4 is 17.8 Å². The van der Waals surface area contributed by atoms with Gasteiger partial charge in [0, 0.05) is 49.8 Å². The van der Waals surface area contributed by atoms with Crippen molar-refractivity contribution in [2.75, 3.05) is 13.1 Å². The van der Waals surface area contributed by atoms with Crippen molar-refractivity contribution in [1.82, 2.24) is 4.90 Å². The number of rotatable bonds is 10. The van der Waals surface area contributed by atoms with E-state index in [-0.39, 0.29) is 48.1 Å².